The Kier molecular flexibility index (Phi) is 7.60. The molecule has 0 aliphatic heterocycles. The number of carbonyl (C=O) groups is 1. The zero-order valence-corrected chi connectivity index (χ0v) is 13.8. The van der Waals surface area contributed by atoms with Gasteiger partial charge in [0.15, 0.2) is 0 Å². The highest BCUT2D eigenvalue weighted by Crippen LogP contribution is 2.19. The lowest BCUT2D eigenvalue weighted by Crippen LogP contribution is -2.57. The van der Waals surface area contributed by atoms with Crippen LogP contribution >= 0.6 is 0 Å². The van der Waals surface area contributed by atoms with Gasteiger partial charge in [-0.25, -0.2) is 0 Å². The van der Waals surface area contributed by atoms with Crippen molar-refractivity contribution in [1.82, 2.24) is 10.2 Å². The molecule has 114 valence electrons. The smallest absolute Gasteiger partial charge is 0.237 e. The molecular weight excluding hydrogens is 238 g/mol. The number of primary amides is 1. The normalized spacial score (nSPS) is 18.4. The number of hydrogen-bond donors (Lipinski definition) is 2. The summed E-state index contributed by atoms with van der Waals surface area (Å²) in [5.41, 5.74) is 4.95. The van der Waals surface area contributed by atoms with E-state index in [4.69, 9.17) is 5.73 Å². The fraction of sp³-hybridized carbons (Fsp3) is 0.933. The molecular formula is C15H33N3O. The fourth-order valence-electron chi connectivity index (χ4n) is 2.27. The van der Waals surface area contributed by atoms with E-state index in [1.807, 2.05) is 6.92 Å². The van der Waals surface area contributed by atoms with Gasteiger partial charge in [0.05, 0.1) is 5.54 Å². The van der Waals surface area contributed by atoms with Crippen LogP contribution in [-0.4, -0.2) is 42.0 Å². The lowest BCUT2D eigenvalue weighted by Gasteiger charge is -2.38. The van der Waals surface area contributed by atoms with Gasteiger partial charge in [-0.15, -0.1) is 0 Å². The first-order chi connectivity index (χ1) is 8.65. The lowest BCUT2D eigenvalue weighted by atomic mass is 9.90. The monoisotopic (exact) mass is 271 g/mol. The average molecular weight is 271 g/mol. The van der Waals surface area contributed by atoms with Gasteiger partial charge in [0, 0.05) is 12.1 Å². The maximum atomic E-state index is 11.7. The maximum Gasteiger partial charge on any atom is 0.237 e. The molecule has 19 heavy (non-hydrogen) atoms. The molecule has 1 amide bonds. The van der Waals surface area contributed by atoms with Crippen molar-refractivity contribution >= 4 is 5.91 Å². The molecule has 0 saturated heterocycles. The van der Waals surface area contributed by atoms with Crippen LogP contribution in [-0.2, 0) is 4.79 Å². The number of rotatable bonds is 9. The van der Waals surface area contributed by atoms with Crippen LogP contribution in [0, 0.1) is 5.92 Å². The van der Waals surface area contributed by atoms with E-state index in [-0.39, 0.29) is 5.91 Å². The van der Waals surface area contributed by atoms with Crippen LogP contribution in [0.3, 0.4) is 0 Å². The zero-order chi connectivity index (χ0) is 15.2. The van der Waals surface area contributed by atoms with E-state index in [9.17, 15) is 4.79 Å². The van der Waals surface area contributed by atoms with Crippen LogP contribution < -0.4 is 11.1 Å². The molecule has 0 bridgehead atoms. The van der Waals surface area contributed by atoms with Crippen molar-refractivity contribution in [2.24, 2.45) is 11.7 Å². The van der Waals surface area contributed by atoms with E-state index in [0.29, 0.717) is 18.0 Å². The summed E-state index contributed by atoms with van der Waals surface area (Å²) in [5, 5.41) is 3.30. The third-order valence-electron chi connectivity index (χ3n) is 4.32. The minimum atomic E-state index is -0.625. The summed E-state index contributed by atoms with van der Waals surface area (Å²) in [6.07, 6.45) is 1.73. The fourth-order valence-corrected chi connectivity index (χ4v) is 2.27. The standard InChI is InChI=1S/C15H33N3O/c1-8-9-17-15(6,14(16)19)10-12(4)18(7)13(5)11(2)3/h11-13,17H,8-10H2,1-7H3,(H2,16,19). The van der Waals surface area contributed by atoms with Gasteiger partial charge in [-0.1, -0.05) is 20.8 Å². The summed E-state index contributed by atoms with van der Waals surface area (Å²) in [7, 11) is 2.12. The molecule has 0 spiro atoms. The van der Waals surface area contributed by atoms with Crippen molar-refractivity contribution in [3.05, 3.63) is 0 Å². The summed E-state index contributed by atoms with van der Waals surface area (Å²) in [6, 6.07) is 0.789. The second kappa shape index (κ2) is 7.85. The van der Waals surface area contributed by atoms with Crippen LogP contribution in [0.25, 0.3) is 0 Å². The van der Waals surface area contributed by atoms with Crippen molar-refractivity contribution in [2.75, 3.05) is 13.6 Å². The van der Waals surface area contributed by atoms with Gasteiger partial charge >= 0.3 is 0 Å². The van der Waals surface area contributed by atoms with Gasteiger partial charge in [-0.3, -0.25) is 4.79 Å². The summed E-state index contributed by atoms with van der Waals surface area (Å²) >= 11 is 0. The van der Waals surface area contributed by atoms with Gasteiger partial charge in [0.1, 0.15) is 0 Å². The highest BCUT2D eigenvalue weighted by atomic mass is 16.1. The van der Waals surface area contributed by atoms with Crippen LogP contribution in [0.4, 0.5) is 0 Å². The highest BCUT2D eigenvalue weighted by Gasteiger charge is 2.34. The van der Waals surface area contributed by atoms with Crippen molar-refractivity contribution in [2.45, 2.75) is 72.0 Å². The lowest BCUT2D eigenvalue weighted by molar-refractivity contribution is -0.124. The van der Waals surface area contributed by atoms with Gasteiger partial charge in [0.2, 0.25) is 5.91 Å². The molecule has 3 atom stereocenters. The zero-order valence-electron chi connectivity index (χ0n) is 13.8. The summed E-state index contributed by atoms with van der Waals surface area (Å²) in [6.45, 7) is 13.6. The number of nitrogens with one attached hydrogen (secondary N) is 1. The molecule has 0 radical (unpaired) electrons. The second-order valence-electron chi connectivity index (χ2n) is 6.33. The largest absolute Gasteiger partial charge is 0.368 e. The van der Waals surface area contributed by atoms with Crippen LogP contribution in [0.2, 0.25) is 0 Å². The van der Waals surface area contributed by atoms with E-state index in [0.717, 1.165) is 19.4 Å². The minimum absolute atomic E-state index is 0.265. The van der Waals surface area contributed by atoms with Gasteiger partial charge < -0.3 is 16.0 Å². The van der Waals surface area contributed by atoms with Crippen LogP contribution in [0.1, 0.15) is 54.4 Å². The molecule has 3 N–H and O–H groups in total. The van der Waals surface area contributed by atoms with Crippen molar-refractivity contribution in [3.8, 4) is 0 Å². The molecule has 3 unspecified atom stereocenters. The average Bonchev–Trinajstić information content (AvgIpc) is 2.33. The summed E-state index contributed by atoms with van der Waals surface area (Å²) in [4.78, 5) is 14.1. The molecule has 0 aliphatic rings. The Morgan fingerprint density at radius 2 is 1.84 bits per heavy atom. The quantitative estimate of drug-likeness (QED) is 0.674. The molecule has 0 aromatic rings. The van der Waals surface area contributed by atoms with E-state index in [1.165, 1.54) is 0 Å². The van der Waals surface area contributed by atoms with Crippen LogP contribution in [0.5, 0.6) is 0 Å². The predicted octanol–water partition coefficient (Wildman–Crippen LogP) is 1.98. The van der Waals surface area contributed by atoms with Gasteiger partial charge in [-0.2, -0.15) is 0 Å². The predicted molar refractivity (Wildman–Crippen MR) is 82.0 cm³/mol. The topological polar surface area (TPSA) is 58.4 Å². The molecule has 0 aliphatic carbocycles. The highest BCUT2D eigenvalue weighted by molar-refractivity contribution is 5.84. The van der Waals surface area contributed by atoms with Gasteiger partial charge in [-0.05, 0) is 53.1 Å². The number of hydrogen-bond acceptors (Lipinski definition) is 3. The van der Waals surface area contributed by atoms with Gasteiger partial charge in [0.25, 0.3) is 0 Å². The maximum absolute atomic E-state index is 11.7. The van der Waals surface area contributed by atoms with E-state index >= 15 is 0 Å². The summed E-state index contributed by atoms with van der Waals surface area (Å²) in [5.74, 6) is 0.328. The number of nitrogens with two attached hydrogens (primary N) is 1. The van der Waals surface area contributed by atoms with Crippen molar-refractivity contribution < 1.29 is 4.79 Å². The SMILES string of the molecule is CCCNC(C)(CC(C)N(C)C(C)C(C)C)C(N)=O. The Hall–Kier alpha value is -0.610. The van der Waals surface area contributed by atoms with E-state index in [1.54, 1.807) is 0 Å². The third kappa shape index (κ3) is 5.49. The number of amides is 1. The Labute approximate surface area is 119 Å². The third-order valence-corrected chi connectivity index (χ3v) is 4.32. The summed E-state index contributed by atoms with van der Waals surface area (Å²) < 4.78 is 0. The van der Waals surface area contributed by atoms with Crippen molar-refractivity contribution in [1.29, 1.82) is 0 Å². The molecule has 4 nitrogen and oxygen atoms in total. The first-order valence-electron chi connectivity index (χ1n) is 7.42. The molecule has 0 saturated carbocycles. The molecule has 0 aromatic carbocycles. The molecule has 0 fully saturated rings. The first kappa shape index (κ1) is 18.4. The minimum Gasteiger partial charge on any atom is -0.368 e. The van der Waals surface area contributed by atoms with Crippen molar-refractivity contribution in [3.63, 3.8) is 0 Å². The Morgan fingerprint density at radius 1 is 1.32 bits per heavy atom. The molecule has 0 heterocycles. The molecule has 0 rings (SSSR count). The first-order valence-corrected chi connectivity index (χ1v) is 7.42. The Morgan fingerprint density at radius 3 is 2.21 bits per heavy atom. The van der Waals surface area contributed by atoms with E-state index < -0.39 is 5.54 Å². The number of nitrogens with zero attached hydrogens (tertiary/aromatic N) is 1. The Balaban J connectivity index is 4.71. The molecule has 0 aromatic heterocycles. The second-order valence-corrected chi connectivity index (χ2v) is 6.33. The number of carbonyl (C=O) groups excluding carboxylic acids is 1. The molecule has 4 heteroatoms. The van der Waals surface area contributed by atoms with Crippen LogP contribution in [0.15, 0.2) is 0 Å². The van der Waals surface area contributed by atoms with E-state index in [2.05, 4.69) is 51.9 Å². The Bertz CT molecular complexity index is 281.